The molecular weight excluding hydrogens is 636 g/mol. The fraction of sp³-hybridized carbons (Fsp3) is 0.472. The van der Waals surface area contributed by atoms with Gasteiger partial charge in [0.15, 0.2) is 11.8 Å². The summed E-state index contributed by atoms with van der Waals surface area (Å²) in [7, 11) is 1.14. The molecule has 0 aliphatic heterocycles. The number of ketones is 1. The highest BCUT2D eigenvalue weighted by atomic mass is 35.5. The second-order valence-electron chi connectivity index (χ2n) is 14.8. The third-order valence-corrected chi connectivity index (χ3v) is 7.96. The smallest absolute Gasteiger partial charge is 0.356 e. The van der Waals surface area contributed by atoms with Gasteiger partial charge in [-0.15, -0.1) is 0 Å². The molecule has 0 bridgehead atoms. The van der Waals surface area contributed by atoms with E-state index >= 15 is 0 Å². The topological polar surface area (TPSA) is 149 Å². The number of carbonyl (C=O) groups excluding carboxylic acids is 4. The van der Waals surface area contributed by atoms with Crippen LogP contribution in [0.1, 0.15) is 103 Å². The van der Waals surface area contributed by atoms with Crippen LogP contribution in [0.4, 0.5) is 11.4 Å². The van der Waals surface area contributed by atoms with Crippen LogP contribution < -0.4 is 21.1 Å². The zero-order valence-electron chi connectivity index (χ0n) is 29.4. The van der Waals surface area contributed by atoms with Crippen molar-refractivity contribution in [1.29, 1.82) is 0 Å². The van der Waals surface area contributed by atoms with E-state index < -0.39 is 34.8 Å². The van der Waals surface area contributed by atoms with Gasteiger partial charge in [-0.3, -0.25) is 23.9 Å². The Morgan fingerprint density at radius 2 is 1.58 bits per heavy atom. The van der Waals surface area contributed by atoms with Crippen LogP contribution in [0.15, 0.2) is 47.4 Å². The van der Waals surface area contributed by atoms with Gasteiger partial charge in [0.25, 0.3) is 5.91 Å². The monoisotopic (exact) mass is 682 g/mol. The van der Waals surface area contributed by atoms with Gasteiger partial charge >= 0.3 is 11.7 Å². The summed E-state index contributed by atoms with van der Waals surface area (Å²) in [5.41, 5.74) is 0.579. The Kier molecular flexibility index (Phi) is 11.7. The molecule has 2 aromatic carbocycles. The SMILES string of the molecule is COC(=O)c1cn(C(C(=O)Nc2cc(NC(=O)CCCOc3ccc(C(C)(C)C)cc3C(C)(C)C)ccc2Cl)C(=O)C(C)(C)C)c(=O)[nH]1. The summed E-state index contributed by atoms with van der Waals surface area (Å²) in [4.78, 5) is 66.8. The highest BCUT2D eigenvalue weighted by molar-refractivity contribution is 6.34. The van der Waals surface area contributed by atoms with E-state index in [9.17, 15) is 24.0 Å². The van der Waals surface area contributed by atoms with Gasteiger partial charge in [-0.2, -0.15) is 0 Å². The van der Waals surface area contributed by atoms with Gasteiger partial charge in [0.05, 0.1) is 24.4 Å². The summed E-state index contributed by atoms with van der Waals surface area (Å²) >= 11 is 6.37. The molecule has 3 N–H and O–H groups in total. The van der Waals surface area contributed by atoms with Crippen molar-refractivity contribution in [2.24, 2.45) is 5.41 Å². The number of anilines is 2. The van der Waals surface area contributed by atoms with E-state index in [-0.39, 0.29) is 39.6 Å². The summed E-state index contributed by atoms with van der Waals surface area (Å²) < 4.78 is 11.6. The number of benzene rings is 2. The molecule has 0 saturated heterocycles. The summed E-state index contributed by atoms with van der Waals surface area (Å²) in [5.74, 6) is -1.76. The van der Waals surface area contributed by atoms with Crippen LogP contribution in [-0.2, 0) is 30.0 Å². The van der Waals surface area contributed by atoms with Crippen LogP contribution in [0, 0.1) is 5.41 Å². The van der Waals surface area contributed by atoms with Crippen molar-refractivity contribution in [3.05, 3.63) is 74.9 Å². The molecular formula is C36H47ClN4O7. The molecule has 0 aliphatic rings. The van der Waals surface area contributed by atoms with Crippen molar-refractivity contribution in [3.8, 4) is 5.75 Å². The Morgan fingerprint density at radius 1 is 0.917 bits per heavy atom. The number of ether oxygens (including phenoxy) is 2. The number of Topliss-reactive ketones (excluding diaryl/α,β-unsaturated/α-hetero) is 1. The predicted octanol–water partition coefficient (Wildman–Crippen LogP) is 6.80. The predicted molar refractivity (Wildman–Crippen MR) is 187 cm³/mol. The van der Waals surface area contributed by atoms with Gasteiger partial charge in [-0.05, 0) is 52.6 Å². The second-order valence-corrected chi connectivity index (χ2v) is 15.2. The van der Waals surface area contributed by atoms with Gasteiger partial charge in [0.1, 0.15) is 11.4 Å². The molecule has 12 heteroatoms. The molecule has 3 rings (SSSR count). The number of nitrogens with one attached hydrogen (secondary N) is 3. The van der Waals surface area contributed by atoms with Crippen molar-refractivity contribution < 1.29 is 28.7 Å². The molecule has 260 valence electrons. The lowest BCUT2D eigenvalue weighted by molar-refractivity contribution is -0.135. The number of hydrogen-bond acceptors (Lipinski definition) is 7. The average molecular weight is 683 g/mol. The Labute approximate surface area is 286 Å². The highest BCUT2D eigenvalue weighted by Crippen LogP contribution is 2.36. The Morgan fingerprint density at radius 3 is 2.17 bits per heavy atom. The maximum absolute atomic E-state index is 13.6. The summed E-state index contributed by atoms with van der Waals surface area (Å²) in [5, 5.41) is 5.54. The summed E-state index contributed by atoms with van der Waals surface area (Å²) in [6.07, 6.45) is 1.70. The van der Waals surface area contributed by atoms with E-state index in [1.807, 2.05) is 6.07 Å². The number of esters is 1. The standard InChI is InChI=1S/C36H47ClN4O7/c1-34(2,3)21-13-16-27(23(18-21)35(4,5)6)48-17-11-12-28(42)38-22-14-15-24(37)25(19-22)39-31(44)29(30(43)36(7,8)9)41-20-26(32(45)47-10)40-33(41)46/h13-16,18-20,29H,11-12,17H2,1-10H3,(H,38,42)(H,39,44)(H,40,46). The summed E-state index contributed by atoms with van der Waals surface area (Å²) in [6.45, 7) is 18.1. The molecule has 1 atom stereocenters. The minimum Gasteiger partial charge on any atom is -0.493 e. The molecule has 0 fully saturated rings. The van der Waals surface area contributed by atoms with Crippen molar-refractivity contribution in [1.82, 2.24) is 9.55 Å². The van der Waals surface area contributed by atoms with Gasteiger partial charge in [0.2, 0.25) is 5.91 Å². The quantitative estimate of drug-likeness (QED) is 0.114. The number of nitrogens with zero attached hydrogens (tertiary/aromatic N) is 1. The van der Waals surface area contributed by atoms with Gasteiger partial charge in [-0.25, -0.2) is 9.59 Å². The number of aromatic nitrogens is 2. The van der Waals surface area contributed by atoms with Gasteiger partial charge < -0.3 is 20.1 Å². The molecule has 1 aromatic heterocycles. The Hall–Kier alpha value is -4.38. The largest absolute Gasteiger partial charge is 0.493 e. The number of hydrogen-bond donors (Lipinski definition) is 3. The van der Waals surface area contributed by atoms with Crippen LogP contribution in [0.2, 0.25) is 5.02 Å². The molecule has 0 aliphatic carbocycles. The Balaban J connectivity index is 1.71. The van der Waals surface area contributed by atoms with Gasteiger partial charge in [-0.1, -0.05) is 86.0 Å². The lowest BCUT2D eigenvalue weighted by atomic mass is 9.80. The normalized spacial score (nSPS) is 12.6. The first-order valence-corrected chi connectivity index (χ1v) is 16.1. The number of halogens is 1. The van der Waals surface area contributed by atoms with Crippen LogP contribution >= 0.6 is 11.6 Å². The van der Waals surface area contributed by atoms with E-state index in [1.165, 1.54) is 17.7 Å². The zero-order valence-corrected chi connectivity index (χ0v) is 30.2. The summed E-state index contributed by atoms with van der Waals surface area (Å²) in [6, 6.07) is 9.15. The van der Waals surface area contributed by atoms with Crippen molar-refractivity contribution in [3.63, 3.8) is 0 Å². The van der Waals surface area contributed by atoms with E-state index in [0.717, 1.165) is 29.2 Å². The average Bonchev–Trinajstić information content (AvgIpc) is 3.36. The number of amides is 2. The lowest BCUT2D eigenvalue weighted by Gasteiger charge is -2.27. The molecule has 1 unspecified atom stereocenters. The number of carbonyl (C=O) groups is 4. The van der Waals surface area contributed by atoms with E-state index in [0.29, 0.717) is 18.7 Å². The molecule has 2 amide bonds. The van der Waals surface area contributed by atoms with Crippen molar-refractivity contribution in [2.45, 2.75) is 92.0 Å². The molecule has 0 saturated carbocycles. The first-order valence-electron chi connectivity index (χ1n) is 15.8. The fourth-order valence-corrected chi connectivity index (χ4v) is 5.01. The number of aromatic amines is 1. The van der Waals surface area contributed by atoms with Crippen molar-refractivity contribution >= 4 is 46.5 Å². The molecule has 1 heterocycles. The second kappa shape index (κ2) is 14.8. The Bertz CT molecular complexity index is 1740. The van der Waals surface area contributed by atoms with Crippen LogP contribution in [-0.4, -0.2) is 46.8 Å². The van der Waals surface area contributed by atoms with Crippen LogP contribution in [0.3, 0.4) is 0 Å². The molecule has 48 heavy (non-hydrogen) atoms. The molecule has 3 aromatic rings. The third-order valence-electron chi connectivity index (χ3n) is 7.63. The first-order chi connectivity index (χ1) is 22.1. The number of imidazole rings is 1. The van der Waals surface area contributed by atoms with E-state index in [1.54, 1.807) is 26.8 Å². The number of methoxy groups -OCH3 is 1. The minimum absolute atomic E-state index is 0.00403. The molecule has 11 nitrogen and oxygen atoms in total. The van der Waals surface area contributed by atoms with Crippen LogP contribution in [0.25, 0.3) is 0 Å². The minimum atomic E-state index is -1.63. The molecule has 0 spiro atoms. The van der Waals surface area contributed by atoms with Gasteiger partial charge in [0, 0.05) is 23.7 Å². The fourth-order valence-electron chi connectivity index (χ4n) is 4.84. The third kappa shape index (κ3) is 9.59. The van der Waals surface area contributed by atoms with Crippen LogP contribution in [0.5, 0.6) is 5.75 Å². The zero-order chi connectivity index (χ0) is 36.2. The van der Waals surface area contributed by atoms with E-state index in [4.69, 9.17) is 16.3 Å². The number of H-pyrrole nitrogens is 1. The molecule has 0 radical (unpaired) electrons. The number of rotatable bonds is 11. The first kappa shape index (κ1) is 38.1. The maximum Gasteiger partial charge on any atom is 0.356 e. The lowest BCUT2D eigenvalue weighted by Crippen LogP contribution is -2.41. The van der Waals surface area contributed by atoms with E-state index in [2.05, 4.69) is 74.0 Å². The maximum atomic E-state index is 13.6. The highest BCUT2D eigenvalue weighted by Gasteiger charge is 2.38. The van der Waals surface area contributed by atoms with Crippen molar-refractivity contribution in [2.75, 3.05) is 24.4 Å².